The molecule has 4 rings (SSSR count). The molecule has 0 radical (unpaired) electrons. The standard InChI is InChI=1S/C90H152O6P2/c1-14-19-23-27-31-33-35-37-39-41-43-45-47-49-53-57-68-91-97(93-80-66-59-64-78(72-80)62-55-51-29-25-21-16-3)95-87-70-76(6)83(74-85(87)89(8,9)10)82(61-18-5)84-75-86(90(11,12)13)88(71-77(84)7)96-98(94-81-67-60-65-79(73-81)63-56-52-30-26-22-17-4)92-69-58-54-50-48-46-44-42-40-38-36-34-32-28-24-20-15-2/h59-60,64-67,70-75,82H,14-58,61-63,68-69H2,1-13H3. The highest BCUT2D eigenvalue weighted by atomic mass is 31.2. The van der Waals surface area contributed by atoms with E-state index in [1.807, 2.05) is 0 Å². The smallest absolute Gasteiger partial charge is 0.418 e. The molecule has 0 aromatic heterocycles. The molecule has 4 aromatic carbocycles. The van der Waals surface area contributed by atoms with E-state index < -0.39 is 17.2 Å². The molecule has 0 aliphatic heterocycles. The van der Waals surface area contributed by atoms with Crippen molar-refractivity contribution in [3.05, 3.63) is 117 Å². The van der Waals surface area contributed by atoms with E-state index in [-0.39, 0.29) is 16.7 Å². The van der Waals surface area contributed by atoms with Crippen LogP contribution in [-0.4, -0.2) is 13.2 Å². The molecule has 6 nitrogen and oxygen atoms in total. The normalized spacial score (nSPS) is 12.9. The number of hydrogen-bond acceptors (Lipinski definition) is 6. The van der Waals surface area contributed by atoms with Crippen LogP contribution in [0.4, 0.5) is 0 Å². The fourth-order valence-corrected chi connectivity index (χ4v) is 16.1. The molecule has 0 aliphatic carbocycles. The molecule has 0 N–H and O–H groups in total. The summed E-state index contributed by atoms with van der Waals surface area (Å²) in [7, 11) is -3.50. The van der Waals surface area contributed by atoms with Crippen molar-refractivity contribution in [2.75, 3.05) is 13.2 Å². The first-order chi connectivity index (χ1) is 47.6. The third-order valence-corrected chi connectivity index (χ3v) is 22.4. The van der Waals surface area contributed by atoms with Gasteiger partial charge in [0.15, 0.2) is 0 Å². The van der Waals surface area contributed by atoms with Gasteiger partial charge < -0.3 is 18.1 Å². The summed E-state index contributed by atoms with van der Waals surface area (Å²) in [6.07, 6.45) is 62.6. The van der Waals surface area contributed by atoms with Crippen LogP contribution in [0.2, 0.25) is 0 Å². The molecule has 0 saturated heterocycles. The Bertz CT molecular complexity index is 2410. The van der Waals surface area contributed by atoms with Gasteiger partial charge in [-0.1, -0.05) is 376 Å². The van der Waals surface area contributed by atoms with Gasteiger partial charge in [-0.3, -0.25) is 9.05 Å². The highest BCUT2D eigenvalue weighted by molar-refractivity contribution is 7.42. The van der Waals surface area contributed by atoms with Gasteiger partial charge in [0.1, 0.15) is 23.0 Å². The van der Waals surface area contributed by atoms with Gasteiger partial charge in [0.25, 0.3) is 0 Å². The van der Waals surface area contributed by atoms with Crippen molar-refractivity contribution < 1.29 is 27.1 Å². The Hall–Kier alpha value is -3.14. The Balaban J connectivity index is 1.54. The molecule has 98 heavy (non-hydrogen) atoms. The molecule has 4 aromatic rings. The summed E-state index contributed by atoms with van der Waals surface area (Å²) in [5.74, 6) is 3.51. The van der Waals surface area contributed by atoms with Crippen LogP contribution in [0.5, 0.6) is 23.0 Å². The van der Waals surface area contributed by atoms with Gasteiger partial charge >= 0.3 is 17.2 Å². The van der Waals surface area contributed by atoms with Gasteiger partial charge in [-0.2, -0.15) is 0 Å². The van der Waals surface area contributed by atoms with E-state index in [0.29, 0.717) is 13.2 Å². The molecule has 0 aliphatic rings. The molecular weight excluding hydrogens is 1240 g/mol. The SMILES string of the molecule is CCCCCCCCCCCCCCCCCCOP(Oc1cccc(CCCCCCCC)c1)Oc1cc(C)c(C(CCC)c2cc(C(C)(C)C)c(OP(OCCCCCCCCCCCCCCCCCC)Oc3cccc(CCCCCCCC)c3)cc2C)cc1C(C)(C)C. The minimum absolute atomic E-state index is 0.155. The molecule has 0 bridgehead atoms. The van der Waals surface area contributed by atoms with Gasteiger partial charge in [-0.05, 0) is 139 Å². The number of rotatable bonds is 62. The first kappa shape index (κ1) is 87.3. The third kappa shape index (κ3) is 38.9. The zero-order valence-electron chi connectivity index (χ0n) is 66.2. The molecular formula is C90H152O6P2. The van der Waals surface area contributed by atoms with Crippen molar-refractivity contribution in [3.63, 3.8) is 0 Å². The van der Waals surface area contributed by atoms with Crippen LogP contribution in [0.25, 0.3) is 0 Å². The molecule has 558 valence electrons. The monoisotopic (exact) mass is 1390 g/mol. The van der Waals surface area contributed by atoms with Crippen molar-refractivity contribution in [1.29, 1.82) is 0 Å². The second-order valence-corrected chi connectivity index (χ2v) is 33.8. The second-order valence-electron chi connectivity index (χ2n) is 31.7. The molecule has 0 spiro atoms. The van der Waals surface area contributed by atoms with E-state index in [9.17, 15) is 0 Å². The third-order valence-electron chi connectivity index (χ3n) is 20.2. The number of hydrogen-bond donors (Lipinski definition) is 0. The average molecular weight is 1390 g/mol. The Morgan fingerprint density at radius 3 is 0.857 bits per heavy atom. The van der Waals surface area contributed by atoms with Crippen molar-refractivity contribution in [3.8, 4) is 23.0 Å². The van der Waals surface area contributed by atoms with Crippen LogP contribution in [-0.2, 0) is 32.7 Å². The van der Waals surface area contributed by atoms with Crippen LogP contribution in [0.15, 0.2) is 72.8 Å². The Morgan fingerprint density at radius 2 is 0.582 bits per heavy atom. The topological polar surface area (TPSA) is 55.4 Å². The fourth-order valence-electron chi connectivity index (χ4n) is 14.0. The van der Waals surface area contributed by atoms with Crippen molar-refractivity contribution in [1.82, 2.24) is 0 Å². The van der Waals surface area contributed by atoms with E-state index in [0.717, 1.165) is 74.4 Å². The Morgan fingerprint density at radius 1 is 0.306 bits per heavy atom. The minimum Gasteiger partial charge on any atom is -0.418 e. The van der Waals surface area contributed by atoms with Crippen molar-refractivity contribution in [2.24, 2.45) is 0 Å². The lowest BCUT2D eigenvalue weighted by Crippen LogP contribution is -2.17. The predicted molar refractivity (Wildman–Crippen MR) is 431 cm³/mol. The molecule has 0 saturated carbocycles. The summed E-state index contributed by atoms with van der Waals surface area (Å²) in [6.45, 7) is 31.2. The van der Waals surface area contributed by atoms with Crippen LogP contribution in [0, 0.1) is 13.8 Å². The Labute approximate surface area is 609 Å². The van der Waals surface area contributed by atoms with Gasteiger partial charge in [0, 0.05) is 17.0 Å². The highest BCUT2D eigenvalue weighted by Gasteiger charge is 2.31. The van der Waals surface area contributed by atoms with Gasteiger partial charge in [0.05, 0.1) is 13.2 Å². The second kappa shape index (κ2) is 54.5. The van der Waals surface area contributed by atoms with Gasteiger partial charge in [0.2, 0.25) is 0 Å². The first-order valence-corrected chi connectivity index (χ1v) is 43.9. The summed E-state index contributed by atoms with van der Waals surface area (Å²) in [4.78, 5) is 0. The Kier molecular flexibility index (Phi) is 48.5. The summed E-state index contributed by atoms with van der Waals surface area (Å²) in [6, 6.07) is 26.9. The van der Waals surface area contributed by atoms with Crippen LogP contribution in [0.3, 0.4) is 0 Å². The van der Waals surface area contributed by atoms with E-state index in [1.54, 1.807) is 0 Å². The summed E-state index contributed by atoms with van der Waals surface area (Å²) in [5, 5.41) is 0. The van der Waals surface area contributed by atoms with E-state index in [4.69, 9.17) is 27.1 Å². The maximum atomic E-state index is 7.15. The molecule has 8 heteroatoms. The molecule has 0 heterocycles. The molecule has 0 fully saturated rings. The molecule has 2 atom stereocenters. The largest absolute Gasteiger partial charge is 0.463 e. The molecule has 0 amide bonds. The van der Waals surface area contributed by atoms with Crippen LogP contribution in [0.1, 0.15) is 422 Å². The average Bonchev–Trinajstić information content (AvgIpc) is 0.768. The van der Waals surface area contributed by atoms with E-state index >= 15 is 0 Å². The number of benzene rings is 4. The summed E-state index contributed by atoms with van der Waals surface area (Å²) >= 11 is 0. The summed E-state index contributed by atoms with van der Waals surface area (Å²) in [5.41, 5.74) is 9.66. The van der Waals surface area contributed by atoms with Crippen LogP contribution >= 0.6 is 17.2 Å². The van der Waals surface area contributed by atoms with Crippen molar-refractivity contribution in [2.45, 2.75) is 415 Å². The quantitative estimate of drug-likeness (QED) is 0.0324. The van der Waals surface area contributed by atoms with Gasteiger partial charge in [-0.15, -0.1) is 0 Å². The van der Waals surface area contributed by atoms with Crippen molar-refractivity contribution >= 4 is 17.2 Å². The number of unbranched alkanes of at least 4 members (excludes halogenated alkanes) is 40. The zero-order chi connectivity index (χ0) is 70.7. The number of aryl methyl sites for hydroxylation is 4. The lowest BCUT2D eigenvalue weighted by Gasteiger charge is -2.31. The summed E-state index contributed by atoms with van der Waals surface area (Å²) < 4.78 is 41.6. The fraction of sp³-hybridized carbons (Fsp3) is 0.733. The van der Waals surface area contributed by atoms with Crippen LogP contribution < -0.4 is 18.1 Å². The predicted octanol–water partition coefficient (Wildman–Crippen LogP) is 31.6. The maximum absolute atomic E-state index is 7.15. The van der Waals surface area contributed by atoms with E-state index in [1.165, 1.54) is 301 Å². The first-order valence-electron chi connectivity index (χ1n) is 41.7. The minimum atomic E-state index is -1.75. The highest BCUT2D eigenvalue weighted by Crippen LogP contribution is 2.50. The zero-order valence-corrected chi connectivity index (χ0v) is 68.0. The lowest BCUT2D eigenvalue weighted by molar-refractivity contribution is 0.256. The lowest BCUT2D eigenvalue weighted by atomic mass is 9.76. The maximum Gasteiger partial charge on any atom is 0.463 e. The van der Waals surface area contributed by atoms with E-state index in [2.05, 4.69) is 163 Å². The molecule has 2 unspecified atom stereocenters. The van der Waals surface area contributed by atoms with Gasteiger partial charge in [-0.25, -0.2) is 0 Å².